The average molecular weight is 461 g/mol. The first-order valence-corrected chi connectivity index (χ1v) is 8.62. The number of alkyl halides is 3. The molecule has 0 aliphatic rings. The number of imidazole rings is 1. The van der Waals surface area contributed by atoms with E-state index in [-0.39, 0.29) is 0 Å². The van der Waals surface area contributed by atoms with Crippen LogP contribution in [0.15, 0.2) is 16.7 Å². The van der Waals surface area contributed by atoms with E-state index >= 15 is 0 Å². The molecule has 3 N–H and O–H groups in total. The second-order valence-corrected chi connectivity index (χ2v) is 6.61. The van der Waals surface area contributed by atoms with Gasteiger partial charge in [-0.15, -0.1) is 0 Å². The summed E-state index contributed by atoms with van der Waals surface area (Å²) < 4.78 is 32.7. The predicted octanol–water partition coefficient (Wildman–Crippen LogP) is 3.68. The summed E-state index contributed by atoms with van der Waals surface area (Å²) in [6, 6.07) is 1.96. The number of hydrogen-bond acceptors (Lipinski definition) is 6. The number of aromatic nitrogens is 5. The highest BCUT2D eigenvalue weighted by Gasteiger charge is 2.38. The molecular weight excluding hydrogens is 445 g/mol. The lowest BCUT2D eigenvalue weighted by atomic mass is 10.2. The molecule has 0 amide bonds. The standard InChI is InChI=1S/C14H15BrN6.C2HF3O2/c1-7-8(2)18-9(3)19-13(7)17-6-12-20-11-4-10(15)5-16-14(11)21-12;3-2(4,5)1(6)7/h4-5H,6H2,1-3H3,(H,16,20,21)(H,17,18,19);(H,6,7). The number of H-pyrrole nitrogens is 1. The van der Waals surface area contributed by atoms with Gasteiger partial charge in [0.25, 0.3) is 0 Å². The van der Waals surface area contributed by atoms with Crippen molar-refractivity contribution in [2.75, 3.05) is 5.32 Å². The number of carboxylic acid groups (broad SMARTS) is 1. The number of halogens is 4. The summed E-state index contributed by atoms with van der Waals surface area (Å²) in [5.74, 6) is -0.332. The summed E-state index contributed by atoms with van der Waals surface area (Å²) in [7, 11) is 0. The van der Waals surface area contributed by atoms with Gasteiger partial charge in [-0.3, -0.25) is 0 Å². The van der Waals surface area contributed by atoms with Gasteiger partial charge < -0.3 is 15.4 Å². The molecule has 0 bridgehead atoms. The highest BCUT2D eigenvalue weighted by atomic mass is 79.9. The number of carbonyl (C=O) groups is 1. The molecule has 0 unspecified atom stereocenters. The Labute approximate surface area is 165 Å². The smallest absolute Gasteiger partial charge is 0.475 e. The number of hydrogen-bond donors (Lipinski definition) is 3. The third-order valence-corrected chi connectivity index (χ3v) is 3.95. The number of pyridine rings is 1. The Morgan fingerprint density at radius 1 is 1.25 bits per heavy atom. The van der Waals surface area contributed by atoms with Crippen LogP contribution in [0.1, 0.15) is 22.9 Å². The van der Waals surface area contributed by atoms with Crippen LogP contribution >= 0.6 is 15.9 Å². The summed E-state index contributed by atoms with van der Waals surface area (Å²) in [5, 5.41) is 10.4. The Hall–Kier alpha value is -2.76. The molecule has 0 saturated heterocycles. The molecular formula is C16H16BrF3N6O2. The van der Waals surface area contributed by atoms with Crippen LogP contribution in [-0.4, -0.2) is 42.2 Å². The van der Waals surface area contributed by atoms with Gasteiger partial charge in [0.2, 0.25) is 0 Å². The molecule has 0 radical (unpaired) electrons. The zero-order chi connectivity index (χ0) is 21.1. The molecule has 3 aromatic rings. The number of nitrogens with zero attached hydrogens (tertiary/aromatic N) is 4. The first-order valence-electron chi connectivity index (χ1n) is 7.83. The van der Waals surface area contributed by atoms with Gasteiger partial charge in [-0.25, -0.2) is 24.7 Å². The zero-order valence-electron chi connectivity index (χ0n) is 15.0. The fraction of sp³-hybridized carbons (Fsp3) is 0.312. The zero-order valence-corrected chi connectivity index (χ0v) is 16.6. The molecule has 3 aromatic heterocycles. The van der Waals surface area contributed by atoms with Crippen LogP contribution in [0.4, 0.5) is 19.0 Å². The molecule has 0 spiro atoms. The predicted molar refractivity (Wildman–Crippen MR) is 98.8 cm³/mol. The van der Waals surface area contributed by atoms with Crippen LogP contribution in [0.2, 0.25) is 0 Å². The van der Waals surface area contributed by atoms with E-state index < -0.39 is 12.1 Å². The van der Waals surface area contributed by atoms with E-state index in [9.17, 15) is 13.2 Å². The normalized spacial score (nSPS) is 11.1. The van der Waals surface area contributed by atoms with Crippen molar-refractivity contribution >= 4 is 38.9 Å². The lowest BCUT2D eigenvalue weighted by molar-refractivity contribution is -0.192. The van der Waals surface area contributed by atoms with E-state index in [0.29, 0.717) is 12.2 Å². The molecule has 0 aliphatic heterocycles. The third-order valence-electron chi connectivity index (χ3n) is 3.52. The van der Waals surface area contributed by atoms with Crippen molar-refractivity contribution in [3.05, 3.63) is 39.6 Å². The first-order chi connectivity index (χ1) is 13.0. The summed E-state index contributed by atoms with van der Waals surface area (Å²) in [5.41, 5.74) is 3.66. The van der Waals surface area contributed by atoms with Gasteiger partial charge in [-0.1, -0.05) is 0 Å². The monoisotopic (exact) mass is 460 g/mol. The summed E-state index contributed by atoms with van der Waals surface area (Å²) >= 11 is 3.40. The van der Waals surface area contributed by atoms with Gasteiger partial charge in [0.15, 0.2) is 5.65 Å². The van der Waals surface area contributed by atoms with E-state index in [0.717, 1.165) is 38.7 Å². The molecule has 0 atom stereocenters. The fourth-order valence-corrected chi connectivity index (χ4v) is 2.45. The van der Waals surface area contributed by atoms with Crippen molar-refractivity contribution in [1.29, 1.82) is 0 Å². The van der Waals surface area contributed by atoms with Crippen molar-refractivity contribution in [3.63, 3.8) is 0 Å². The van der Waals surface area contributed by atoms with E-state index in [2.05, 4.69) is 46.2 Å². The number of nitrogens with one attached hydrogen (secondary N) is 2. The van der Waals surface area contributed by atoms with Crippen molar-refractivity contribution < 1.29 is 23.1 Å². The van der Waals surface area contributed by atoms with Crippen molar-refractivity contribution in [2.45, 2.75) is 33.5 Å². The number of aromatic amines is 1. The summed E-state index contributed by atoms with van der Waals surface area (Å²) in [6.45, 7) is 6.44. The van der Waals surface area contributed by atoms with Crippen LogP contribution in [0, 0.1) is 20.8 Å². The molecule has 8 nitrogen and oxygen atoms in total. The van der Waals surface area contributed by atoms with Gasteiger partial charge in [0.1, 0.15) is 17.5 Å². The minimum Gasteiger partial charge on any atom is -0.475 e. The quantitative estimate of drug-likeness (QED) is 0.545. The average Bonchev–Trinajstić information content (AvgIpc) is 2.98. The Morgan fingerprint density at radius 3 is 2.50 bits per heavy atom. The van der Waals surface area contributed by atoms with Crippen LogP contribution in [0.3, 0.4) is 0 Å². The van der Waals surface area contributed by atoms with E-state index in [1.54, 1.807) is 6.20 Å². The lowest BCUT2D eigenvalue weighted by Gasteiger charge is -2.09. The molecule has 28 heavy (non-hydrogen) atoms. The Morgan fingerprint density at radius 2 is 1.89 bits per heavy atom. The van der Waals surface area contributed by atoms with Crippen LogP contribution in [0.25, 0.3) is 11.2 Å². The Kier molecular flexibility index (Phi) is 6.54. The van der Waals surface area contributed by atoms with Crippen LogP contribution < -0.4 is 5.32 Å². The number of carboxylic acids is 1. The van der Waals surface area contributed by atoms with Gasteiger partial charge in [0, 0.05) is 21.9 Å². The van der Waals surface area contributed by atoms with Crippen molar-refractivity contribution in [2.24, 2.45) is 0 Å². The molecule has 3 rings (SSSR count). The first kappa shape index (κ1) is 21.5. The number of anilines is 1. The van der Waals surface area contributed by atoms with E-state index in [4.69, 9.17) is 9.90 Å². The number of rotatable bonds is 3. The fourth-order valence-electron chi connectivity index (χ4n) is 2.12. The Bertz CT molecular complexity index is 1010. The lowest BCUT2D eigenvalue weighted by Crippen LogP contribution is -2.21. The maximum Gasteiger partial charge on any atom is 0.490 e. The highest BCUT2D eigenvalue weighted by molar-refractivity contribution is 9.10. The second kappa shape index (κ2) is 8.50. The molecule has 3 heterocycles. The van der Waals surface area contributed by atoms with Gasteiger partial charge in [-0.2, -0.15) is 13.2 Å². The minimum atomic E-state index is -5.08. The Balaban J connectivity index is 0.000000345. The number of fused-ring (bicyclic) bond motifs is 1. The molecule has 0 aromatic carbocycles. The van der Waals surface area contributed by atoms with E-state index in [1.807, 2.05) is 26.8 Å². The maximum absolute atomic E-state index is 10.6. The largest absolute Gasteiger partial charge is 0.490 e. The van der Waals surface area contributed by atoms with E-state index in [1.165, 1.54) is 0 Å². The third kappa shape index (κ3) is 5.62. The molecule has 0 aliphatic carbocycles. The second-order valence-electron chi connectivity index (χ2n) is 5.69. The molecule has 150 valence electrons. The minimum absolute atomic E-state index is 0.560. The van der Waals surface area contributed by atoms with Gasteiger partial charge in [-0.05, 0) is 42.8 Å². The molecule has 0 fully saturated rings. The molecule has 12 heteroatoms. The van der Waals surface area contributed by atoms with Crippen molar-refractivity contribution in [3.8, 4) is 0 Å². The van der Waals surface area contributed by atoms with Crippen LogP contribution in [0.5, 0.6) is 0 Å². The highest BCUT2D eigenvalue weighted by Crippen LogP contribution is 2.17. The summed E-state index contributed by atoms with van der Waals surface area (Å²) in [6.07, 6.45) is -3.35. The maximum atomic E-state index is 10.6. The SMILES string of the molecule is Cc1nc(C)c(C)c(NCc2nc3ncc(Br)cc3[nH]2)n1.O=C(O)C(F)(F)F. The van der Waals surface area contributed by atoms with Crippen molar-refractivity contribution in [1.82, 2.24) is 24.9 Å². The van der Waals surface area contributed by atoms with Gasteiger partial charge in [0.05, 0.1) is 12.1 Å². The number of aliphatic carboxylic acids is 1. The number of aryl methyl sites for hydroxylation is 2. The molecule has 0 saturated carbocycles. The summed E-state index contributed by atoms with van der Waals surface area (Å²) in [4.78, 5) is 29.6. The van der Waals surface area contributed by atoms with Crippen LogP contribution in [-0.2, 0) is 11.3 Å². The van der Waals surface area contributed by atoms with Gasteiger partial charge >= 0.3 is 12.1 Å². The topological polar surface area (TPSA) is 117 Å².